The summed E-state index contributed by atoms with van der Waals surface area (Å²) in [6.07, 6.45) is 4.17. The Hall–Kier alpha value is -2.02. The Bertz CT molecular complexity index is 845. The van der Waals surface area contributed by atoms with Crippen LogP contribution in [0.3, 0.4) is 0 Å². The molecule has 0 spiro atoms. The topological polar surface area (TPSA) is 40.6 Å². The number of halogens is 1. The number of sulfonamides is 1. The lowest BCUT2D eigenvalue weighted by Crippen LogP contribution is -2.48. The standard InChI is InChI=1S/C20H23FN2O2S/c21-20-11-5-4-10-19(20)17-26(24,25)23-15-13-22(14-16-23)12-6-9-18-7-2-1-3-8-18/h1-11H,12-17H2/b9-6+. The quantitative estimate of drug-likeness (QED) is 0.781. The summed E-state index contributed by atoms with van der Waals surface area (Å²) in [6, 6.07) is 16.1. The van der Waals surface area contributed by atoms with Gasteiger partial charge in [-0.15, -0.1) is 0 Å². The first kappa shape index (κ1) is 18.8. The molecule has 6 heteroatoms. The van der Waals surface area contributed by atoms with E-state index in [9.17, 15) is 12.8 Å². The maximum atomic E-state index is 13.7. The fraction of sp³-hybridized carbons (Fsp3) is 0.300. The molecular weight excluding hydrogens is 351 g/mol. The Labute approximate surface area is 154 Å². The van der Waals surface area contributed by atoms with Crippen molar-refractivity contribution in [3.8, 4) is 0 Å². The van der Waals surface area contributed by atoms with Gasteiger partial charge in [0.2, 0.25) is 10.0 Å². The molecule has 0 saturated carbocycles. The van der Waals surface area contributed by atoms with Crippen LogP contribution in [0.4, 0.5) is 4.39 Å². The molecule has 0 unspecified atom stereocenters. The van der Waals surface area contributed by atoms with Gasteiger partial charge >= 0.3 is 0 Å². The van der Waals surface area contributed by atoms with Crippen LogP contribution in [0, 0.1) is 5.82 Å². The molecule has 2 aromatic carbocycles. The molecule has 1 heterocycles. The van der Waals surface area contributed by atoms with Crippen molar-refractivity contribution in [1.29, 1.82) is 0 Å². The molecule has 0 aliphatic carbocycles. The zero-order valence-corrected chi connectivity index (χ0v) is 15.4. The Morgan fingerprint density at radius 1 is 0.923 bits per heavy atom. The first-order valence-corrected chi connectivity index (χ1v) is 10.3. The summed E-state index contributed by atoms with van der Waals surface area (Å²) in [4.78, 5) is 2.22. The molecule has 1 fully saturated rings. The molecule has 1 aliphatic rings. The minimum atomic E-state index is -3.50. The fourth-order valence-electron chi connectivity index (χ4n) is 3.00. The van der Waals surface area contributed by atoms with Gasteiger partial charge in [-0.2, -0.15) is 4.31 Å². The highest BCUT2D eigenvalue weighted by Gasteiger charge is 2.27. The highest BCUT2D eigenvalue weighted by atomic mass is 32.2. The van der Waals surface area contributed by atoms with Gasteiger partial charge in [0.15, 0.2) is 0 Å². The van der Waals surface area contributed by atoms with Gasteiger partial charge in [0, 0.05) is 38.3 Å². The smallest absolute Gasteiger partial charge is 0.218 e. The van der Waals surface area contributed by atoms with Crippen LogP contribution < -0.4 is 0 Å². The number of benzene rings is 2. The molecule has 26 heavy (non-hydrogen) atoms. The van der Waals surface area contributed by atoms with E-state index in [-0.39, 0.29) is 11.3 Å². The average molecular weight is 374 g/mol. The second-order valence-electron chi connectivity index (χ2n) is 6.36. The van der Waals surface area contributed by atoms with E-state index in [1.807, 2.05) is 30.3 Å². The first-order chi connectivity index (χ1) is 12.5. The third-order valence-electron chi connectivity index (χ3n) is 4.49. The lowest BCUT2D eigenvalue weighted by Gasteiger charge is -2.33. The summed E-state index contributed by atoms with van der Waals surface area (Å²) in [6.45, 7) is 3.02. The number of rotatable bonds is 6. The van der Waals surface area contributed by atoms with Gasteiger partial charge in [-0.3, -0.25) is 4.90 Å². The van der Waals surface area contributed by atoms with Crippen LogP contribution in [0.1, 0.15) is 11.1 Å². The van der Waals surface area contributed by atoms with Gasteiger partial charge in [0.05, 0.1) is 5.75 Å². The lowest BCUT2D eigenvalue weighted by molar-refractivity contribution is 0.204. The van der Waals surface area contributed by atoms with E-state index in [0.717, 1.165) is 12.1 Å². The van der Waals surface area contributed by atoms with Gasteiger partial charge in [0.25, 0.3) is 0 Å². The van der Waals surface area contributed by atoms with Crippen LogP contribution in [-0.4, -0.2) is 50.3 Å². The van der Waals surface area contributed by atoms with E-state index < -0.39 is 15.8 Å². The molecule has 1 saturated heterocycles. The largest absolute Gasteiger partial charge is 0.297 e. The molecule has 0 amide bonds. The van der Waals surface area contributed by atoms with Crippen LogP contribution >= 0.6 is 0 Å². The second-order valence-corrected chi connectivity index (χ2v) is 8.33. The Morgan fingerprint density at radius 2 is 1.58 bits per heavy atom. The minimum absolute atomic E-state index is 0.223. The fourth-order valence-corrected chi connectivity index (χ4v) is 4.52. The summed E-state index contributed by atoms with van der Waals surface area (Å²) in [7, 11) is -3.50. The van der Waals surface area contributed by atoms with E-state index in [2.05, 4.69) is 17.1 Å². The van der Waals surface area contributed by atoms with E-state index in [0.29, 0.717) is 26.2 Å². The van der Waals surface area contributed by atoms with Gasteiger partial charge < -0.3 is 0 Å². The maximum Gasteiger partial charge on any atom is 0.218 e. The predicted octanol–water partition coefficient (Wildman–Crippen LogP) is 2.99. The molecule has 0 bridgehead atoms. The van der Waals surface area contributed by atoms with Crippen LogP contribution in [0.2, 0.25) is 0 Å². The third-order valence-corrected chi connectivity index (χ3v) is 6.32. The van der Waals surface area contributed by atoms with Crippen molar-refractivity contribution in [3.63, 3.8) is 0 Å². The zero-order valence-electron chi connectivity index (χ0n) is 14.6. The summed E-state index contributed by atoms with van der Waals surface area (Å²) in [5.41, 5.74) is 1.37. The van der Waals surface area contributed by atoms with Crippen molar-refractivity contribution in [1.82, 2.24) is 9.21 Å². The van der Waals surface area contributed by atoms with E-state index in [1.165, 1.54) is 16.4 Å². The number of hydrogen-bond donors (Lipinski definition) is 0. The number of hydrogen-bond acceptors (Lipinski definition) is 3. The van der Waals surface area contributed by atoms with Crippen molar-refractivity contribution in [3.05, 3.63) is 77.6 Å². The van der Waals surface area contributed by atoms with E-state index in [4.69, 9.17) is 0 Å². The van der Waals surface area contributed by atoms with Gasteiger partial charge in [-0.05, 0) is 11.6 Å². The van der Waals surface area contributed by atoms with E-state index in [1.54, 1.807) is 12.1 Å². The SMILES string of the molecule is O=S(=O)(Cc1ccccc1F)N1CCN(C/C=C/c2ccccc2)CC1. The summed E-state index contributed by atoms with van der Waals surface area (Å²) in [5.74, 6) is -0.756. The van der Waals surface area contributed by atoms with Gasteiger partial charge in [0.1, 0.15) is 5.82 Å². The van der Waals surface area contributed by atoms with Crippen LogP contribution in [0.5, 0.6) is 0 Å². The van der Waals surface area contributed by atoms with Crippen molar-refractivity contribution in [2.75, 3.05) is 32.7 Å². The molecule has 0 atom stereocenters. The third kappa shape index (κ3) is 5.00. The highest BCUT2D eigenvalue weighted by molar-refractivity contribution is 7.88. The zero-order chi connectivity index (χ0) is 18.4. The minimum Gasteiger partial charge on any atom is -0.297 e. The Kier molecular flexibility index (Phi) is 6.19. The van der Waals surface area contributed by atoms with Crippen LogP contribution in [0.25, 0.3) is 6.08 Å². The summed E-state index contributed by atoms with van der Waals surface area (Å²) < 4.78 is 40.3. The van der Waals surface area contributed by atoms with Crippen molar-refractivity contribution in [2.24, 2.45) is 0 Å². The van der Waals surface area contributed by atoms with Crippen LogP contribution in [-0.2, 0) is 15.8 Å². The average Bonchev–Trinajstić information content (AvgIpc) is 2.65. The van der Waals surface area contributed by atoms with Crippen molar-refractivity contribution in [2.45, 2.75) is 5.75 Å². The Morgan fingerprint density at radius 3 is 2.27 bits per heavy atom. The van der Waals surface area contributed by atoms with Gasteiger partial charge in [-0.25, -0.2) is 12.8 Å². The molecule has 1 aliphatic heterocycles. The summed E-state index contributed by atoms with van der Waals surface area (Å²) in [5, 5.41) is 0. The highest BCUT2D eigenvalue weighted by Crippen LogP contribution is 2.16. The second kappa shape index (κ2) is 8.58. The van der Waals surface area contributed by atoms with Crippen LogP contribution in [0.15, 0.2) is 60.7 Å². The molecule has 4 nitrogen and oxygen atoms in total. The monoisotopic (exact) mass is 374 g/mol. The molecule has 0 N–H and O–H groups in total. The molecule has 3 rings (SSSR count). The van der Waals surface area contributed by atoms with Gasteiger partial charge in [-0.1, -0.05) is 60.7 Å². The van der Waals surface area contributed by atoms with Crippen molar-refractivity contribution < 1.29 is 12.8 Å². The predicted molar refractivity (Wildman–Crippen MR) is 103 cm³/mol. The molecule has 0 aromatic heterocycles. The molecule has 0 radical (unpaired) electrons. The maximum absolute atomic E-state index is 13.7. The first-order valence-electron chi connectivity index (χ1n) is 8.70. The molecule has 2 aromatic rings. The molecular formula is C20H23FN2O2S. The number of nitrogens with zero attached hydrogens (tertiary/aromatic N) is 2. The normalized spacial score (nSPS) is 17.0. The van der Waals surface area contributed by atoms with Crippen molar-refractivity contribution >= 4 is 16.1 Å². The Balaban J connectivity index is 1.51. The molecule has 138 valence electrons. The van der Waals surface area contributed by atoms with E-state index >= 15 is 0 Å². The lowest BCUT2D eigenvalue weighted by atomic mass is 10.2. The summed E-state index contributed by atoms with van der Waals surface area (Å²) >= 11 is 0. The number of piperazine rings is 1.